The van der Waals surface area contributed by atoms with E-state index in [1.165, 1.54) is 6.42 Å². The molecule has 7 heteroatoms. The molecule has 0 amide bonds. The predicted molar refractivity (Wildman–Crippen MR) is 95.2 cm³/mol. The topological polar surface area (TPSA) is 60.1 Å². The minimum Gasteiger partial charge on any atom is -0.379 e. The first-order valence-electron chi connectivity index (χ1n) is 7.18. The summed E-state index contributed by atoms with van der Waals surface area (Å²) in [6.07, 6.45) is 3.55. The van der Waals surface area contributed by atoms with Crippen LogP contribution in [0.15, 0.2) is 4.99 Å². The van der Waals surface area contributed by atoms with Crippen molar-refractivity contribution in [2.75, 3.05) is 51.0 Å². The van der Waals surface area contributed by atoms with Gasteiger partial charge in [0.05, 0.1) is 12.7 Å². The summed E-state index contributed by atoms with van der Waals surface area (Å²) in [4.78, 5) is 6.59. The molecular weight excluding hydrogens is 389 g/mol. The normalized spacial score (nSPS) is 23.7. The van der Waals surface area contributed by atoms with Crippen LogP contribution in [0.5, 0.6) is 0 Å². The number of guanidine groups is 1. The molecule has 2 aliphatic heterocycles. The summed E-state index contributed by atoms with van der Waals surface area (Å²) < 4.78 is 11.1. The molecule has 0 spiro atoms. The van der Waals surface area contributed by atoms with Gasteiger partial charge in [-0.2, -0.15) is 11.8 Å². The van der Waals surface area contributed by atoms with Crippen LogP contribution in [0.2, 0.25) is 0 Å². The standard InChI is InChI=1S/C13H25N3O2S.HI/c14-13(16-5-9-19-10-6-16)15-4-2-7-17-11-12-3-1-8-18-12;/h12H,1-11H2,(H2,14,15);1H. The Morgan fingerprint density at radius 1 is 1.40 bits per heavy atom. The molecule has 0 aliphatic carbocycles. The lowest BCUT2D eigenvalue weighted by Crippen LogP contribution is -2.42. The van der Waals surface area contributed by atoms with E-state index in [1.54, 1.807) is 0 Å². The van der Waals surface area contributed by atoms with Crippen LogP contribution in [0, 0.1) is 0 Å². The van der Waals surface area contributed by atoms with Gasteiger partial charge in [-0.05, 0) is 19.3 Å². The first-order valence-corrected chi connectivity index (χ1v) is 8.33. The molecule has 0 aromatic carbocycles. The van der Waals surface area contributed by atoms with Crippen molar-refractivity contribution in [3.05, 3.63) is 0 Å². The maximum absolute atomic E-state index is 5.97. The molecule has 0 bridgehead atoms. The minimum atomic E-state index is 0. The van der Waals surface area contributed by atoms with Crippen molar-refractivity contribution in [1.29, 1.82) is 0 Å². The van der Waals surface area contributed by atoms with Gasteiger partial charge in [0.2, 0.25) is 0 Å². The van der Waals surface area contributed by atoms with Gasteiger partial charge in [-0.15, -0.1) is 24.0 Å². The third-order valence-corrected chi connectivity index (χ3v) is 4.33. The Hall–Kier alpha value is 0.270. The van der Waals surface area contributed by atoms with Gasteiger partial charge in [0.1, 0.15) is 0 Å². The van der Waals surface area contributed by atoms with Crippen LogP contribution in [-0.4, -0.2) is 67.9 Å². The molecular formula is C13H26IN3O2S. The van der Waals surface area contributed by atoms with Crippen molar-refractivity contribution in [3.63, 3.8) is 0 Å². The smallest absolute Gasteiger partial charge is 0.191 e. The van der Waals surface area contributed by atoms with Crippen LogP contribution >= 0.6 is 35.7 Å². The summed E-state index contributed by atoms with van der Waals surface area (Å²) in [5, 5.41) is 0. The Labute approximate surface area is 143 Å². The Kier molecular flexibility index (Phi) is 10.0. The van der Waals surface area contributed by atoms with Crippen molar-refractivity contribution in [2.24, 2.45) is 10.7 Å². The third kappa shape index (κ3) is 6.82. The lowest BCUT2D eigenvalue weighted by molar-refractivity contribution is 0.0170. The van der Waals surface area contributed by atoms with Crippen LogP contribution in [0.25, 0.3) is 0 Å². The molecule has 1 atom stereocenters. The number of hydrogen-bond acceptors (Lipinski definition) is 4. The minimum absolute atomic E-state index is 0. The molecule has 2 saturated heterocycles. The Morgan fingerprint density at radius 3 is 2.90 bits per heavy atom. The molecule has 0 aromatic rings. The summed E-state index contributed by atoms with van der Waals surface area (Å²) in [6, 6.07) is 0. The van der Waals surface area contributed by atoms with E-state index < -0.39 is 0 Å². The maximum atomic E-state index is 5.97. The van der Waals surface area contributed by atoms with Crippen molar-refractivity contribution in [1.82, 2.24) is 4.90 Å². The van der Waals surface area contributed by atoms with Crippen LogP contribution in [0.4, 0.5) is 0 Å². The van der Waals surface area contributed by atoms with Crippen molar-refractivity contribution < 1.29 is 9.47 Å². The van der Waals surface area contributed by atoms with Gasteiger partial charge in [0.15, 0.2) is 5.96 Å². The van der Waals surface area contributed by atoms with Crippen molar-refractivity contribution in [2.45, 2.75) is 25.4 Å². The highest BCUT2D eigenvalue weighted by molar-refractivity contribution is 14.0. The third-order valence-electron chi connectivity index (χ3n) is 3.38. The van der Waals surface area contributed by atoms with Crippen LogP contribution in [0.3, 0.4) is 0 Å². The number of thioether (sulfide) groups is 1. The van der Waals surface area contributed by atoms with E-state index in [1.807, 2.05) is 11.8 Å². The Bertz CT molecular complexity index is 283. The monoisotopic (exact) mass is 415 g/mol. The average Bonchev–Trinajstić information content (AvgIpc) is 2.96. The number of nitrogens with two attached hydrogens (primary N) is 1. The molecule has 0 saturated carbocycles. The van der Waals surface area contributed by atoms with Crippen molar-refractivity contribution >= 4 is 41.7 Å². The van der Waals surface area contributed by atoms with Crippen molar-refractivity contribution in [3.8, 4) is 0 Å². The number of ether oxygens (including phenoxy) is 2. The van der Waals surface area contributed by atoms with E-state index in [4.69, 9.17) is 15.2 Å². The van der Waals surface area contributed by atoms with E-state index in [-0.39, 0.29) is 24.0 Å². The second-order valence-electron chi connectivity index (χ2n) is 4.90. The van der Waals surface area contributed by atoms with E-state index in [0.717, 1.165) is 63.8 Å². The average molecular weight is 415 g/mol. The van der Waals surface area contributed by atoms with Gasteiger partial charge in [0.25, 0.3) is 0 Å². The summed E-state index contributed by atoms with van der Waals surface area (Å²) >= 11 is 1.98. The molecule has 2 heterocycles. The lowest BCUT2D eigenvalue weighted by Gasteiger charge is -2.27. The molecule has 20 heavy (non-hydrogen) atoms. The molecule has 118 valence electrons. The number of halogens is 1. The highest BCUT2D eigenvalue weighted by atomic mass is 127. The van der Waals surface area contributed by atoms with Crippen LogP contribution in [0.1, 0.15) is 19.3 Å². The predicted octanol–water partition coefficient (Wildman–Crippen LogP) is 1.55. The van der Waals surface area contributed by atoms with Crippen LogP contribution in [-0.2, 0) is 9.47 Å². The van der Waals surface area contributed by atoms with Gasteiger partial charge in [-0.25, -0.2) is 0 Å². The second-order valence-corrected chi connectivity index (χ2v) is 6.13. The summed E-state index contributed by atoms with van der Waals surface area (Å²) in [5.41, 5.74) is 5.97. The molecule has 1 unspecified atom stereocenters. The van der Waals surface area contributed by atoms with Gasteiger partial charge >= 0.3 is 0 Å². The van der Waals surface area contributed by atoms with Gasteiger partial charge < -0.3 is 20.1 Å². The number of rotatable bonds is 6. The second kappa shape index (κ2) is 10.9. The first-order chi connectivity index (χ1) is 9.36. The number of aliphatic imine (C=N–C) groups is 1. The van der Waals surface area contributed by atoms with E-state index in [9.17, 15) is 0 Å². The SMILES string of the molecule is I.NC(=NCCCOCC1CCCO1)N1CCSCC1. The highest BCUT2D eigenvalue weighted by Crippen LogP contribution is 2.12. The molecule has 2 aliphatic rings. The fraction of sp³-hybridized carbons (Fsp3) is 0.923. The van der Waals surface area contributed by atoms with E-state index in [0.29, 0.717) is 12.1 Å². The molecule has 0 radical (unpaired) electrons. The Balaban J connectivity index is 0.00000200. The van der Waals surface area contributed by atoms with Crippen LogP contribution < -0.4 is 5.73 Å². The zero-order valence-electron chi connectivity index (χ0n) is 12.0. The summed E-state index contributed by atoms with van der Waals surface area (Å²) in [5.74, 6) is 3.00. The summed E-state index contributed by atoms with van der Waals surface area (Å²) in [6.45, 7) is 5.16. The molecule has 5 nitrogen and oxygen atoms in total. The van der Waals surface area contributed by atoms with E-state index in [2.05, 4.69) is 9.89 Å². The lowest BCUT2D eigenvalue weighted by atomic mass is 10.2. The number of hydrogen-bond donors (Lipinski definition) is 1. The van der Waals surface area contributed by atoms with E-state index >= 15 is 0 Å². The molecule has 2 N–H and O–H groups in total. The maximum Gasteiger partial charge on any atom is 0.191 e. The van der Waals surface area contributed by atoms with Gasteiger partial charge in [-0.3, -0.25) is 4.99 Å². The molecule has 0 aromatic heterocycles. The number of nitrogens with zero attached hydrogens (tertiary/aromatic N) is 2. The zero-order valence-corrected chi connectivity index (χ0v) is 15.1. The Morgan fingerprint density at radius 2 is 2.20 bits per heavy atom. The first kappa shape index (κ1) is 18.3. The zero-order chi connectivity index (χ0) is 13.3. The molecule has 2 fully saturated rings. The fourth-order valence-corrected chi connectivity index (χ4v) is 3.15. The highest BCUT2D eigenvalue weighted by Gasteiger charge is 2.15. The largest absolute Gasteiger partial charge is 0.379 e. The quantitative estimate of drug-likeness (QED) is 0.309. The van der Waals surface area contributed by atoms with Gasteiger partial charge in [0, 0.05) is 44.4 Å². The summed E-state index contributed by atoms with van der Waals surface area (Å²) in [7, 11) is 0. The van der Waals surface area contributed by atoms with Gasteiger partial charge in [-0.1, -0.05) is 0 Å². The fourth-order valence-electron chi connectivity index (χ4n) is 2.24. The molecule has 2 rings (SSSR count).